The van der Waals surface area contributed by atoms with Crippen molar-refractivity contribution in [3.63, 3.8) is 0 Å². The van der Waals surface area contributed by atoms with Gasteiger partial charge in [-0.2, -0.15) is 0 Å². The summed E-state index contributed by atoms with van der Waals surface area (Å²) >= 11 is 5.11. The second-order valence-electron chi connectivity index (χ2n) is 3.92. The van der Waals surface area contributed by atoms with E-state index in [0.29, 0.717) is 17.5 Å². The average Bonchev–Trinajstić information content (AvgIpc) is 2.48. The molecule has 0 aliphatic rings. The van der Waals surface area contributed by atoms with E-state index in [1.165, 1.54) is 0 Å². The van der Waals surface area contributed by atoms with Gasteiger partial charge in [0, 0.05) is 12.6 Å². The summed E-state index contributed by atoms with van der Waals surface area (Å²) in [6.07, 6.45) is 3.41. The monoisotopic (exact) mass is 285 g/mol. The lowest BCUT2D eigenvalue weighted by atomic mass is 10.3. The Balaban J connectivity index is 1.93. The third-order valence-corrected chi connectivity index (χ3v) is 2.61. The van der Waals surface area contributed by atoms with Crippen molar-refractivity contribution in [3.8, 4) is 11.6 Å². The van der Waals surface area contributed by atoms with Crippen LogP contribution in [0.15, 0.2) is 61.3 Å². The van der Waals surface area contributed by atoms with Crippen molar-refractivity contribution in [3.05, 3.63) is 61.3 Å². The van der Waals surface area contributed by atoms with E-state index in [4.69, 9.17) is 17.0 Å². The Labute approximate surface area is 123 Å². The molecule has 0 amide bonds. The van der Waals surface area contributed by atoms with Crippen LogP contribution >= 0.6 is 12.2 Å². The van der Waals surface area contributed by atoms with Crippen molar-refractivity contribution in [2.45, 2.75) is 0 Å². The minimum atomic E-state index is 0.531. The number of hydrogen-bond acceptors (Lipinski definition) is 3. The number of nitrogens with one attached hydrogen (secondary N) is 2. The number of rotatable bonds is 5. The molecule has 1 aromatic heterocycles. The number of aromatic nitrogens is 1. The molecule has 0 unspecified atom stereocenters. The SMILES string of the molecule is C=CCNC(=S)Nc1ccc(Oc2ccccc2)nc1. The van der Waals surface area contributed by atoms with Crippen molar-refractivity contribution in [2.24, 2.45) is 0 Å². The number of benzene rings is 1. The maximum atomic E-state index is 5.60. The fourth-order valence-corrected chi connectivity index (χ4v) is 1.67. The third kappa shape index (κ3) is 4.37. The molecule has 0 radical (unpaired) electrons. The van der Waals surface area contributed by atoms with Crippen LogP contribution in [0.1, 0.15) is 0 Å². The van der Waals surface area contributed by atoms with Crippen LogP contribution in [0.4, 0.5) is 5.69 Å². The zero-order valence-corrected chi connectivity index (χ0v) is 11.7. The molecule has 0 saturated heterocycles. The van der Waals surface area contributed by atoms with Gasteiger partial charge in [-0.05, 0) is 30.4 Å². The first-order chi connectivity index (χ1) is 9.78. The van der Waals surface area contributed by atoms with Crippen LogP contribution in [0.5, 0.6) is 11.6 Å². The summed E-state index contributed by atoms with van der Waals surface area (Å²) in [5.41, 5.74) is 0.798. The summed E-state index contributed by atoms with van der Waals surface area (Å²) in [7, 11) is 0. The number of anilines is 1. The Kier molecular flexibility index (Phi) is 5.08. The zero-order chi connectivity index (χ0) is 14.2. The van der Waals surface area contributed by atoms with Crippen molar-refractivity contribution in [1.29, 1.82) is 0 Å². The summed E-state index contributed by atoms with van der Waals surface area (Å²) in [6.45, 7) is 4.23. The first-order valence-corrected chi connectivity index (χ1v) is 6.53. The average molecular weight is 285 g/mol. The molecule has 1 heterocycles. The molecule has 0 aliphatic heterocycles. The van der Waals surface area contributed by atoms with Gasteiger partial charge in [-0.3, -0.25) is 0 Å². The van der Waals surface area contributed by atoms with Gasteiger partial charge in [-0.25, -0.2) is 4.98 Å². The highest BCUT2D eigenvalue weighted by Gasteiger charge is 2.00. The standard InChI is InChI=1S/C15H15N3OS/c1-2-10-16-15(20)18-12-8-9-14(17-11-12)19-13-6-4-3-5-7-13/h2-9,11H,1,10H2,(H2,16,18,20). The fraction of sp³-hybridized carbons (Fsp3) is 0.0667. The molecular weight excluding hydrogens is 270 g/mol. The Morgan fingerprint density at radius 1 is 1.25 bits per heavy atom. The van der Waals surface area contributed by atoms with Crippen molar-refractivity contribution >= 4 is 23.0 Å². The summed E-state index contributed by atoms with van der Waals surface area (Å²) < 4.78 is 5.60. The number of nitrogens with zero attached hydrogens (tertiary/aromatic N) is 1. The summed E-state index contributed by atoms with van der Waals surface area (Å²) in [4.78, 5) is 4.22. The van der Waals surface area contributed by atoms with Crippen molar-refractivity contribution in [1.82, 2.24) is 10.3 Å². The summed E-state index contributed by atoms with van der Waals surface area (Å²) in [6, 6.07) is 13.2. The molecule has 102 valence electrons. The molecule has 0 atom stereocenters. The van der Waals surface area contributed by atoms with Gasteiger partial charge in [0.1, 0.15) is 5.75 Å². The fourth-order valence-electron chi connectivity index (χ4n) is 1.46. The molecule has 2 N–H and O–H groups in total. The minimum Gasteiger partial charge on any atom is -0.439 e. The third-order valence-electron chi connectivity index (χ3n) is 2.37. The van der Waals surface area contributed by atoms with E-state index >= 15 is 0 Å². The van der Waals surface area contributed by atoms with Crippen LogP contribution in [-0.4, -0.2) is 16.6 Å². The van der Waals surface area contributed by atoms with Crippen LogP contribution in [0.3, 0.4) is 0 Å². The smallest absolute Gasteiger partial charge is 0.219 e. The van der Waals surface area contributed by atoms with Crippen LogP contribution in [0, 0.1) is 0 Å². The highest BCUT2D eigenvalue weighted by molar-refractivity contribution is 7.80. The van der Waals surface area contributed by atoms with Gasteiger partial charge in [-0.15, -0.1) is 6.58 Å². The van der Waals surface area contributed by atoms with E-state index in [0.717, 1.165) is 11.4 Å². The molecule has 0 spiro atoms. The van der Waals surface area contributed by atoms with Gasteiger partial charge in [0.15, 0.2) is 5.11 Å². The number of ether oxygens (including phenoxy) is 1. The maximum Gasteiger partial charge on any atom is 0.219 e. The largest absolute Gasteiger partial charge is 0.439 e. The lowest BCUT2D eigenvalue weighted by Gasteiger charge is -2.09. The normalized spacial score (nSPS) is 9.60. The van der Waals surface area contributed by atoms with E-state index in [-0.39, 0.29) is 0 Å². The first kappa shape index (κ1) is 14.0. The number of para-hydroxylation sites is 1. The molecule has 0 saturated carbocycles. The maximum absolute atomic E-state index is 5.60. The molecule has 20 heavy (non-hydrogen) atoms. The molecule has 2 rings (SSSR count). The molecule has 2 aromatic rings. The molecule has 0 bridgehead atoms. The molecule has 0 aliphatic carbocycles. The Bertz CT molecular complexity index is 569. The van der Waals surface area contributed by atoms with Crippen LogP contribution < -0.4 is 15.4 Å². The highest BCUT2D eigenvalue weighted by Crippen LogP contribution is 2.19. The van der Waals surface area contributed by atoms with E-state index in [9.17, 15) is 0 Å². The van der Waals surface area contributed by atoms with Crippen LogP contribution in [0.25, 0.3) is 0 Å². The number of thiocarbonyl (C=S) groups is 1. The first-order valence-electron chi connectivity index (χ1n) is 6.12. The minimum absolute atomic E-state index is 0.531. The second kappa shape index (κ2) is 7.25. The topological polar surface area (TPSA) is 46.2 Å². The number of hydrogen-bond donors (Lipinski definition) is 2. The predicted molar refractivity (Wildman–Crippen MR) is 85.2 cm³/mol. The van der Waals surface area contributed by atoms with E-state index in [1.54, 1.807) is 18.3 Å². The highest BCUT2D eigenvalue weighted by atomic mass is 32.1. The summed E-state index contributed by atoms with van der Waals surface area (Å²) in [5.74, 6) is 1.29. The van der Waals surface area contributed by atoms with Gasteiger partial charge >= 0.3 is 0 Å². The number of pyridine rings is 1. The Hall–Kier alpha value is -2.40. The van der Waals surface area contributed by atoms with Crippen molar-refractivity contribution in [2.75, 3.05) is 11.9 Å². The predicted octanol–water partition coefficient (Wildman–Crippen LogP) is 3.35. The van der Waals surface area contributed by atoms with Gasteiger partial charge in [0.25, 0.3) is 0 Å². The molecule has 0 fully saturated rings. The van der Waals surface area contributed by atoms with E-state index in [1.807, 2.05) is 36.4 Å². The van der Waals surface area contributed by atoms with E-state index < -0.39 is 0 Å². The Morgan fingerprint density at radius 2 is 2.05 bits per heavy atom. The Morgan fingerprint density at radius 3 is 2.70 bits per heavy atom. The molecular formula is C15H15N3OS. The zero-order valence-electron chi connectivity index (χ0n) is 10.9. The van der Waals surface area contributed by atoms with E-state index in [2.05, 4.69) is 22.2 Å². The summed E-state index contributed by atoms with van der Waals surface area (Å²) in [5, 5.41) is 6.53. The van der Waals surface area contributed by atoms with Crippen LogP contribution in [-0.2, 0) is 0 Å². The van der Waals surface area contributed by atoms with Crippen LogP contribution in [0.2, 0.25) is 0 Å². The molecule has 1 aromatic carbocycles. The molecule has 4 nitrogen and oxygen atoms in total. The van der Waals surface area contributed by atoms with Gasteiger partial charge < -0.3 is 15.4 Å². The lowest BCUT2D eigenvalue weighted by Crippen LogP contribution is -2.28. The molecule has 5 heteroatoms. The van der Waals surface area contributed by atoms with Gasteiger partial charge in [0.05, 0.1) is 11.9 Å². The quantitative estimate of drug-likeness (QED) is 0.651. The second-order valence-corrected chi connectivity index (χ2v) is 4.33. The van der Waals surface area contributed by atoms with Crippen molar-refractivity contribution < 1.29 is 4.74 Å². The lowest BCUT2D eigenvalue weighted by molar-refractivity contribution is 0.463. The van der Waals surface area contributed by atoms with Gasteiger partial charge in [0.2, 0.25) is 5.88 Å². The van der Waals surface area contributed by atoms with Gasteiger partial charge in [-0.1, -0.05) is 24.3 Å².